The summed E-state index contributed by atoms with van der Waals surface area (Å²) in [5, 5.41) is 8.52. The van der Waals surface area contributed by atoms with Crippen molar-refractivity contribution in [2.45, 2.75) is 13.0 Å². The van der Waals surface area contributed by atoms with Crippen molar-refractivity contribution < 1.29 is 18.1 Å². The Balaban J connectivity index is 1.88. The lowest BCUT2D eigenvalue weighted by Gasteiger charge is -2.13. The molecule has 0 unspecified atom stereocenters. The van der Waals surface area contributed by atoms with Crippen molar-refractivity contribution in [2.24, 2.45) is 0 Å². The van der Waals surface area contributed by atoms with Crippen molar-refractivity contribution in [1.29, 1.82) is 0 Å². The second kappa shape index (κ2) is 6.83. The van der Waals surface area contributed by atoms with Gasteiger partial charge in [0.05, 0.1) is 30.3 Å². The van der Waals surface area contributed by atoms with Crippen LogP contribution in [-0.4, -0.2) is 30.3 Å². The second-order valence-electron chi connectivity index (χ2n) is 4.66. The van der Waals surface area contributed by atoms with Crippen molar-refractivity contribution >= 4 is 17.4 Å². The number of anilines is 2. The first kappa shape index (κ1) is 15.7. The molecule has 2 N–H and O–H groups in total. The average molecular weight is 311 g/mol. The van der Waals surface area contributed by atoms with Crippen LogP contribution in [0.4, 0.5) is 25.0 Å². The Kier molecular flexibility index (Phi) is 4.87. The average Bonchev–Trinajstić information content (AvgIpc) is 2.94. The third-order valence-corrected chi connectivity index (χ3v) is 2.72. The fourth-order valence-electron chi connectivity index (χ4n) is 1.60. The molecule has 2 amide bonds. The Morgan fingerprint density at radius 3 is 2.77 bits per heavy atom. The fraction of sp³-hybridized carbons (Fsp3) is 0.308. The van der Waals surface area contributed by atoms with Gasteiger partial charge in [-0.15, -0.1) is 0 Å². The van der Waals surface area contributed by atoms with Gasteiger partial charge >= 0.3 is 6.03 Å². The molecule has 0 saturated heterocycles. The number of amides is 2. The van der Waals surface area contributed by atoms with Gasteiger partial charge in [0.2, 0.25) is 5.76 Å². The molecule has 0 saturated carbocycles. The maximum absolute atomic E-state index is 12.3. The molecule has 0 aliphatic carbocycles. The molecule has 22 heavy (non-hydrogen) atoms. The van der Waals surface area contributed by atoms with Crippen LogP contribution in [0.3, 0.4) is 0 Å². The first-order valence-electron chi connectivity index (χ1n) is 6.36. The molecule has 0 bridgehead atoms. The van der Waals surface area contributed by atoms with Crippen molar-refractivity contribution in [3.8, 4) is 0 Å². The Morgan fingerprint density at radius 1 is 1.36 bits per heavy atom. The first-order valence-corrected chi connectivity index (χ1v) is 6.36. The summed E-state index contributed by atoms with van der Waals surface area (Å²) in [4.78, 5) is 17.6. The van der Waals surface area contributed by atoms with Crippen LogP contribution in [0.15, 0.2) is 29.0 Å². The molecule has 2 heterocycles. The summed E-state index contributed by atoms with van der Waals surface area (Å²) in [7, 11) is 3.71. The number of urea groups is 1. The first-order chi connectivity index (χ1) is 10.5. The van der Waals surface area contributed by atoms with Crippen LogP contribution in [0.25, 0.3) is 0 Å². The lowest BCUT2D eigenvalue weighted by Crippen LogP contribution is -2.28. The smallest absolute Gasteiger partial charge is 0.319 e. The van der Waals surface area contributed by atoms with Crippen molar-refractivity contribution in [3.63, 3.8) is 0 Å². The topological polar surface area (TPSA) is 83.3 Å². The zero-order valence-electron chi connectivity index (χ0n) is 12.0. The number of nitrogens with zero attached hydrogens (tertiary/aromatic N) is 3. The molecule has 0 spiro atoms. The second-order valence-corrected chi connectivity index (χ2v) is 4.66. The van der Waals surface area contributed by atoms with Crippen LogP contribution in [0.5, 0.6) is 0 Å². The normalized spacial score (nSPS) is 10.6. The van der Waals surface area contributed by atoms with Crippen LogP contribution >= 0.6 is 0 Å². The van der Waals surface area contributed by atoms with E-state index in [1.807, 2.05) is 19.0 Å². The predicted octanol–water partition coefficient (Wildman–Crippen LogP) is 2.39. The highest BCUT2D eigenvalue weighted by molar-refractivity contribution is 5.89. The van der Waals surface area contributed by atoms with E-state index in [2.05, 4.69) is 25.3 Å². The molecule has 118 valence electrons. The number of alkyl halides is 2. The van der Waals surface area contributed by atoms with Crippen molar-refractivity contribution in [2.75, 3.05) is 24.3 Å². The lowest BCUT2D eigenvalue weighted by molar-refractivity contribution is 0.112. The van der Waals surface area contributed by atoms with Gasteiger partial charge in [-0.2, -0.15) is 0 Å². The van der Waals surface area contributed by atoms with Crippen LogP contribution in [0.1, 0.15) is 17.9 Å². The number of rotatable bonds is 5. The quantitative estimate of drug-likeness (QED) is 0.886. The molecule has 0 aliphatic rings. The number of carbonyl (C=O) groups is 1. The summed E-state index contributed by atoms with van der Waals surface area (Å²) in [5.74, 6) is -0.528. The number of halogens is 2. The fourth-order valence-corrected chi connectivity index (χ4v) is 1.60. The van der Waals surface area contributed by atoms with Gasteiger partial charge in [-0.1, -0.05) is 5.16 Å². The van der Waals surface area contributed by atoms with E-state index < -0.39 is 18.2 Å². The van der Waals surface area contributed by atoms with Crippen LogP contribution in [-0.2, 0) is 6.54 Å². The highest BCUT2D eigenvalue weighted by atomic mass is 19.3. The summed E-state index contributed by atoms with van der Waals surface area (Å²) >= 11 is 0. The maximum Gasteiger partial charge on any atom is 0.319 e. The minimum absolute atomic E-state index is 0.0249. The van der Waals surface area contributed by atoms with E-state index in [0.717, 1.165) is 11.8 Å². The molecule has 0 atom stereocenters. The van der Waals surface area contributed by atoms with E-state index in [9.17, 15) is 13.6 Å². The van der Waals surface area contributed by atoms with E-state index in [0.29, 0.717) is 5.69 Å². The van der Waals surface area contributed by atoms with Gasteiger partial charge in [-0.25, -0.2) is 13.6 Å². The van der Waals surface area contributed by atoms with Gasteiger partial charge in [-0.05, 0) is 6.07 Å². The summed E-state index contributed by atoms with van der Waals surface area (Å²) in [6, 6.07) is 2.34. The molecule has 2 aromatic heterocycles. The third-order valence-electron chi connectivity index (χ3n) is 2.72. The molecular weight excluding hydrogens is 296 g/mol. The molecular formula is C13H15F2N5O2. The van der Waals surface area contributed by atoms with E-state index in [-0.39, 0.29) is 12.2 Å². The summed E-state index contributed by atoms with van der Waals surface area (Å²) in [6.07, 6.45) is 0.428. The Labute approximate surface area is 125 Å². The maximum atomic E-state index is 12.3. The molecule has 0 aliphatic heterocycles. The van der Waals surface area contributed by atoms with E-state index in [1.165, 1.54) is 6.20 Å². The highest BCUT2D eigenvalue weighted by Gasteiger charge is 2.14. The summed E-state index contributed by atoms with van der Waals surface area (Å²) in [6.45, 7) is -0.0249. The van der Waals surface area contributed by atoms with Gasteiger partial charge < -0.3 is 20.1 Å². The molecule has 9 heteroatoms. The monoisotopic (exact) mass is 311 g/mol. The molecule has 0 radical (unpaired) electrons. The minimum atomic E-state index is -2.73. The highest BCUT2D eigenvalue weighted by Crippen LogP contribution is 2.19. The third kappa shape index (κ3) is 4.14. The van der Waals surface area contributed by atoms with Gasteiger partial charge in [0.1, 0.15) is 5.69 Å². The largest absolute Gasteiger partial charge is 0.376 e. The number of aromatic nitrogens is 2. The van der Waals surface area contributed by atoms with Gasteiger partial charge in [0, 0.05) is 20.2 Å². The summed E-state index contributed by atoms with van der Waals surface area (Å²) in [5.41, 5.74) is 1.55. The molecule has 0 fully saturated rings. The Bertz CT molecular complexity index is 645. The van der Waals surface area contributed by atoms with E-state index >= 15 is 0 Å². The van der Waals surface area contributed by atoms with Gasteiger partial charge in [0.25, 0.3) is 6.43 Å². The SMILES string of the molecule is CN(C)c1cncc(NC(=O)NCc2cc(C(F)F)on2)c1. The zero-order chi connectivity index (χ0) is 16.1. The molecule has 2 aromatic rings. The van der Waals surface area contributed by atoms with Crippen molar-refractivity contribution in [1.82, 2.24) is 15.5 Å². The number of nitrogens with one attached hydrogen (secondary N) is 2. The van der Waals surface area contributed by atoms with Gasteiger partial charge in [0.15, 0.2) is 0 Å². The molecule has 7 nitrogen and oxygen atoms in total. The minimum Gasteiger partial charge on any atom is -0.376 e. The number of carbonyl (C=O) groups excluding carboxylic acids is 1. The van der Waals surface area contributed by atoms with Crippen LogP contribution in [0, 0.1) is 0 Å². The number of hydrogen-bond acceptors (Lipinski definition) is 5. The molecule has 2 rings (SSSR count). The Morgan fingerprint density at radius 2 is 2.14 bits per heavy atom. The van der Waals surface area contributed by atoms with Crippen LogP contribution < -0.4 is 15.5 Å². The molecule has 0 aromatic carbocycles. The lowest BCUT2D eigenvalue weighted by atomic mass is 10.3. The van der Waals surface area contributed by atoms with Crippen molar-refractivity contribution in [3.05, 3.63) is 36.0 Å². The number of hydrogen-bond donors (Lipinski definition) is 2. The summed E-state index contributed by atoms with van der Waals surface area (Å²) < 4.78 is 29.1. The number of pyridine rings is 1. The van der Waals surface area contributed by atoms with E-state index in [1.54, 1.807) is 12.3 Å². The predicted molar refractivity (Wildman–Crippen MR) is 75.9 cm³/mol. The van der Waals surface area contributed by atoms with Crippen LogP contribution in [0.2, 0.25) is 0 Å². The standard InChI is InChI=1S/C13H15F2N5O2/c1-20(2)10-3-8(5-16-7-10)18-13(21)17-6-9-4-11(12(14)15)22-19-9/h3-5,7,12H,6H2,1-2H3,(H2,17,18,21). The van der Waals surface area contributed by atoms with Gasteiger partial charge in [-0.3, -0.25) is 4.98 Å². The Hall–Kier alpha value is -2.71. The zero-order valence-corrected chi connectivity index (χ0v) is 12.0. The van der Waals surface area contributed by atoms with E-state index in [4.69, 9.17) is 0 Å².